The zero-order chi connectivity index (χ0) is 14.2. The van der Waals surface area contributed by atoms with Crippen LogP contribution in [0.15, 0.2) is 24.3 Å². The number of hydrogen-bond donors (Lipinski definition) is 1. The number of halogens is 1. The highest BCUT2D eigenvalue weighted by atomic mass is 19.1. The van der Waals surface area contributed by atoms with Crippen molar-refractivity contribution in [2.45, 2.75) is 45.3 Å². The van der Waals surface area contributed by atoms with Gasteiger partial charge >= 0.3 is 0 Å². The molecule has 1 aromatic rings. The Hall–Kier alpha value is -0.930. The summed E-state index contributed by atoms with van der Waals surface area (Å²) in [5, 5.41) is 3.67. The Kier molecular flexibility index (Phi) is 3.83. The van der Waals surface area contributed by atoms with Gasteiger partial charge in [-0.05, 0) is 43.5 Å². The SMILES string of the molecule is CC1(C)C(NCCc2cccc(F)c2)C2CCCOC21. The van der Waals surface area contributed by atoms with E-state index in [1.54, 1.807) is 12.1 Å². The van der Waals surface area contributed by atoms with Crippen LogP contribution in [0.25, 0.3) is 0 Å². The van der Waals surface area contributed by atoms with Gasteiger partial charge in [0.05, 0.1) is 6.10 Å². The molecule has 110 valence electrons. The van der Waals surface area contributed by atoms with Crippen LogP contribution in [0.2, 0.25) is 0 Å². The van der Waals surface area contributed by atoms with E-state index in [2.05, 4.69) is 19.2 Å². The molecule has 3 unspecified atom stereocenters. The van der Waals surface area contributed by atoms with E-state index in [1.165, 1.54) is 18.9 Å². The fourth-order valence-corrected chi connectivity index (χ4v) is 4.00. The lowest BCUT2D eigenvalue weighted by atomic mass is 9.55. The summed E-state index contributed by atoms with van der Waals surface area (Å²) < 4.78 is 19.1. The molecule has 1 saturated carbocycles. The van der Waals surface area contributed by atoms with Gasteiger partial charge in [0.2, 0.25) is 0 Å². The highest BCUT2D eigenvalue weighted by Gasteiger charge is 2.57. The van der Waals surface area contributed by atoms with Crippen molar-refractivity contribution in [1.29, 1.82) is 0 Å². The number of ether oxygens (including phenoxy) is 1. The van der Waals surface area contributed by atoms with Gasteiger partial charge < -0.3 is 10.1 Å². The molecule has 0 spiro atoms. The minimum Gasteiger partial charge on any atom is -0.377 e. The standard InChI is InChI=1S/C17H24FNO/c1-17(2)15(14-7-4-10-20-16(14)17)19-9-8-12-5-3-6-13(18)11-12/h3,5-6,11,14-16,19H,4,7-10H2,1-2H3. The van der Waals surface area contributed by atoms with Gasteiger partial charge in [0.25, 0.3) is 0 Å². The van der Waals surface area contributed by atoms with E-state index < -0.39 is 0 Å². The Morgan fingerprint density at radius 3 is 3.05 bits per heavy atom. The summed E-state index contributed by atoms with van der Waals surface area (Å²) in [6.07, 6.45) is 3.75. The third-order valence-corrected chi connectivity index (χ3v) is 5.00. The Bertz CT molecular complexity index is 474. The average Bonchev–Trinajstić information content (AvgIpc) is 2.43. The van der Waals surface area contributed by atoms with Gasteiger partial charge in [-0.25, -0.2) is 4.39 Å². The third-order valence-electron chi connectivity index (χ3n) is 5.00. The molecular weight excluding hydrogens is 253 g/mol. The second-order valence-corrected chi connectivity index (χ2v) is 6.73. The average molecular weight is 277 g/mol. The maximum atomic E-state index is 13.1. The largest absolute Gasteiger partial charge is 0.377 e. The molecule has 0 aromatic heterocycles. The first-order chi connectivity index (χ1) is 9.59. The Balaban J connectivity index is 1.53. The molecule has 3 heteroatoms. The Morgan fingerprint density at radius 2 is 2.25 bits per heavy atom. The molecular formula is C17H24FNO. The van der Waals surface area contributed by atoms with E-state index in [0.717, 1.165) is 25.1 Å². The monoisotopic (exact) mass is 277 g/mol. The predicted octanol–water partition coefficient (Wildman–Crippen LogP) is 3.16. The van der Waals surface area contributed by atoms with Gasteiger partial charge in [-0.2, -0.15) is 0 Å². The van der Waals surface area contributed by atoms with Crippen LogP contribution in [-0.4, -0.2) is 25.3 Å². The molecule has 1 aromatic carbocycles. The summed E-state index contributed by atoms with van der Waals surface area (Å²) in [7, 11) is 0. The molecule has 1 aliphatic heterocycles. The van der Waals surface area contributed by atoms with Crippen LogP contribution in [0, 0.1) is 17.2 Å². The maximum Gasteiger partial charge on any atom is 0.123 e. The molecule has 3 rings (SSSR count). The lowest BCUT2D eigenvalue weighted by Gasteiger charge is -2.60. The van der Waals surface area contributed by atoms with Gasteiger partial charge in [-0.3, -0.25) is 0 Å². The van der Waals surface area contributed by atoms with Crippen LogP contribution in [0.5, 0.6) is 0 Å². The van der Waals surface area contributed by atoms with E-state index >= 15 is 0 Å². The van der Waals surface area contributed by atoms with Crippen LogP contribution in [0.3, 0.4) is 0 Å². The van der Waals surface area contributed by atoms with Crippen LogP contribution >= 0.6 is 0 Å². The first kappa shape index (κ1) is 14.0. The molecule has 3 atom stereocenters. The summed E-state index contributed by atoms with van der Waals surface area (Å²) in [6.45, 7) is 6.40. The lowest BCUT2D eigenvalue weighted by Crippen LogP contribution is -2.69. The van der Waals surface area contributed by atoms with Crippen LogP contribution in [-0.2, 0) is 11.2 Å². The molecule has 2 fully saturated rings. The second kappa shape index (κ2) is 5.45. The van der Waals surface area contributed by atoms with Crippen LogP contribution < -0.4 is 5.32 Å². The Labute approximate surface area is 120 Å². The minimum absolute atomic E-state index is 0.146. The summed E-state index contributed by atoms with van der Waals surface area (Å²) in [6, 6.07) is 7.42. The van der Waals surface area contributed by atoms with E-state index in [9.17, 15) is 4.39 Å². The second-order valence-electron chi connectivity index (χ2n) is 6.73. The molecule has 0 radical (unpaired) electrons. The van der Waals surface area contributed by atoms with Crippen molar-refractivity contribution in [3.63, 3.8) is 0 Å². The van der Waals surface area contributed by atoms with Crippen LogP contribution in [0.1, 0.15) is 32.3 Å². The third kappa shape index (κ3) is 2.49. The quantitative estimate of drug-likeness (QED) is 0.913. The zero-order valence-electron chi connectivity index (χ0n) is 12.4. The molecule has 20 heavy (non-hydrogen) atoms. The van der Waals surface area contributed by atoms with Gasteiger partial charge in [0.15, 0.2) is 0 Å². The molecule has 1 aliphatic carbocycles. The first-order valence-electron chi connectivity index (χ1n) is 7.68. The number of rotatable bonds is 4. The summed E-state index contributed by atoms with van der Waals surface area (Å²) in [5.74, 6) is 0.512. The van der Waals surface area contributed by atoms with Crippen molar-refractivity contribution in [2.24, 2.45) is 11.3 Å². The number of nitrogens with one attached hydrogen (secondary N) is 1. The maximum absolute atomic E-state index is 13.1. The summed E-state index contributed by atoms with van der Waals surface area (Å²) in [5.41, 5.74) is 1.28. The molecule has 1 N–H and O–H groups in total. The van der Waals surface area contributed by atoms with E-state index in [4.69, 9.17) is 4.74 Å². The Morgan fingerprint density at radius 1 is 1.40 bits per heavy atom. The fraction of sp³-hybridized carbons (Fsp3) is 0.647. The van der Waals surface area contributed by atoms with Crippen molar-refractivity contribution < 1.29 is 9.13 Å². The number of benzene rings is 1. The van der Waals surface area contributed by atoms with E-state index in [0.29, 0.717) is 18.1 Å². The van der Waals surface area contributed by atoms with Crippen LogP contribution in [0.4, 0.5) is 4.39 Å². The van der Waals surface area contributed by atoms with Crippen molar-refractivity contribution in [3.8, 4) is 0 Å². The van der Waals surface area contributed by atoms with Crippen molar-refractivity contribution in [3.05, 3.63) is 35.6 Å². The molecule has 2 nitrogen and oxygen atoms in total. The number of hydrogen-bond acceptors (Lipinski definition) is 2. The van der Waals surface area contributed by atoms with E-state index in [1.807, 2.05) is 6.07 Å². The number of fused-ring (bicyclic) bond motifs is 1. The summed E-state index contributed by atoms with van der Waals surface area (Å²) in [4.78, 5) is 0. The van der Waals surface area contributed by atoms with Gasteiger partial charge in [0.1, 0.15) is 5.82 Å². The molecule has 1 saturated heterocycles. The molecule has 2 aliphatic rings. The minimum atomic E-state index is -0.146. The molecule has 0 bridgehead atoms. The fourth-order valence-electron chi connectivity index (χ4n) is 4.00. The summed E-state index contributed by atoms with van der Waals surface area (Å²) >= 11 is 0. The van der Waals surface area contributed by atoms with Gasteiger partial charge in [0, 0.05) is 24.0 Å². The van der Waals surface area contributed by atoms with Gasteiger partial charge in [-0.1, -0.05) is 26.0 Å². The highest BCUT2D eigenvalue weighted by molar-refractivity contribution is 5.17. The van der Waals surface area contributed by atoms with Gasteiger partial charge in [-0.15, -0.1) is 0 Å². The van der Waals surface area contributed by atoms with Crippen molar-refractivity contribution in [2.75, 3.05) is 13.2 Å². The normalized spacial score (nSPS) is 31.4. The van der Waals surface area contributed by atoms with Crippen molar-refractivity contribution >= 4 is 0 Å². The smallest absolute Gasteiger partial charge is 0.123 e. The highest BCUT2D eigenvalue weighted by Crippen LogP contribution is 2.51. The zero-order valence-corrected chi connectivity index (χ0v) is 12.4. The predicted molar refractivity (Wildman–Crippen MR) is 78.1 cm³/mol. The molecule has 1 heterocycles. The lowest BCUT2D eigenvalue weighted by molar-refractivity contribution is -0.192. The first-order valence-corrected chi connectivity index (χ1v) is 7.68. The van der Waals surface area contributed by atoms with Crippen molar-refractivity contribution in [1.82, 2.24) is 5.32 Å². The molecule has 0 amide bonds. The van der Waals surface area contributed by atoms with E-state index in [-0.39, 0.29) is 11.2 Å². The topological polar surface area (TPSA) is 21.3 Å².